The van der Waals surface area contributed by atoms with E-state index in [1.165, 1.54) is 0 Å². The molecule has 124 valence electrons. The van der Waals surface area contributed by atoms with E-state index in [2.05, 4.69) is 20.4 Å². The fourth-order valence-electron chi connectivity index (χ4n) is 2.87. The van der Waals surface area contributed by atoms with Crippen molar-refractivity contribution in [1.82, 2.24) is 25.1 Å². The van der Waals surface area contributed by atoms with Gasteiger partial charge >= 0.3 is 0 Å². The number of nitrogens with two attached hydrogens (primary N) is 1. The fraction of sp³-hybridized carbons (Fsp3) is 0.438. The standard InChI is InChI=1S/C16H18N6O2/c1-22-9-11(8-20-22)10-6-18-13(19-7-10)16(4-5-16)21-14(24)15(2-3-15)12(17)23/h6-9H,2-5H2,1H3,(H2,17,23)(H,21,24). The van der Waals surface area contributed by atoms with Crippen molar-refractivity contribution in [2.75, 3.05) is 0 Å². The van der Waals surface area contributed by atoms with E-state index >= 15 is 0 Å². The van der Waals surface area contributed by atoms with E-state index in [4.69, 9.17) is 5.73 Å². The van der Waals surface area contributed by atoms with Crippen molar-refractivity contribution in [3.8, 4) is 11.1 Å². The summed E-state index contributed by atoms with van der Waals surface area (Å²) in [5, 5.41) is 7.08. The molecule has 0 unspecified atom stereocenters. The molecule has 2 fully saturated rings. The largest absolute Gasteiger partial charge is 0.369 e. The average molecular weight is 326 g/mol. The molecule has 0 aliphatic heterocycles. The Kier molecular flexibility index (Phi) is 3.00. The Morgan fingerprint density at radius 3 is 2.25 bits per heavy atom. The van der Waals surface area contributed by atoms with Gasteiger partial charge in [0.1, 0.15) is 5.41 Å². The smallest absolute Gasteiger partial charge is 0.236 e. The highest BCUT2D eigenvalue weighted by molar-refractivity contribution is 6.07. The molecule has 3 N–H and O–H groups in total. The highest BCUT2D eigenvalue weighted by atomic mass is 16.2. The van der Waals surface area contributed by atoms with Gasteiger partial charge in [-0.1, -0.05) is 0 Å². The van der Waals surface area contributed by atoms with Gasteiger partial charge < -0.3 is 11.1 Å². The number of hydrogen-bond donors (Lipinski definition) is 2. The summed E-state index contributed by atoms with van der Waals surface area (Å²) in [5.74, 6) is -0.278. The molecule has 2 saturated carbocycles. The number of carbonyl (C=O) groups excluding carboxylic acids is 2. The lowest BCUT2D eigenvalue weighted by Crippen LogP contribution is -2.45. The van der Waals surface area contributed by atoms with Crippen molar-refractivity contribution in [1.29, 1.82) is 0 Å². The minimum absolute atomic E-state index is 0.299. The van der Waals surface area contributed by atoms with Crippen molar-refractivity contribution in [3.63, 3.8) is 0 Å². The molecule has 2 aromatic heterocycles. The maximum Gasteiger partial charge on any atom is 0.236 e. The van der Waals surface area contributed by atoms with Crippen LogP contribution in [0.15, 0.2) is 24.8 Å². The minimum atomic E-state index is -1.02. The van der Waals surface area contributed by atoms with Crippen molar-refractivity contribution in [2.45, 2.75) is 31.2 Å². The molecule has 2 amide bonds. The Morgan fingerprint density at radius 2 is 1.79 bits per heavy atom. The van der Waals surface area contributed by atoms with Crippen molar-refractivity contribution < 1.29 is 9.59 Å². The zero-order valence-electron chi connectivity index (χ0n) is 13.3. The van der Waals surface area contributed by atoms with Gasteiger partial charge in [0.15, 0.2) is 5.82 Å². The molecule has 2 heterocycles. The second-order valence-electron chi connectivity index (χ2n) is 6.68. The molecule has 4 rings (SSSR count). The summed E-state index contributed by atoms with van der Waals surface area (Å²) in [4.78, 5) is 32.7. The summed E-state index contributed by atoms with van der Waals surface area (Å²) < 4.78 is 1.71. The Morgan fingerprint density at radius 1 is 1.12 bits per heavy atom. The van der Waals surface area contributed by atoms with Gasteiger partial charge in [0, 0.05) is 36.8 Å². The third-order valence-corrected chi connectivity index (χ3v) is 4.88. The topological polar surface area (TPSA) is 116 Å². The Bertz CT molecular complexity index is 817. The first-order valence-electron chi connectivity index (χ1n) is 7.89. The van der Waals surface area contributed by atoms with E-state index in [-0.39, 0.29) is 5.91 Å². The molecule has 24 heavy (non-hydrogen) atoms. The number of nitrogens with zero attached hydrogens (tertiary/aromatic N) is 4. The van der Waals surface area contributed by atoms with Crippen LogP contribution >= 0.6 is 0 Å². The molecular weight excluding hydrogens is 308 g/mol. The first-order valence-corrected chi connectivity index (χ1v) is 7.89. The van der Waals surface area contributed by atoms with E-state index in [0.717, 1.165) is 24.0 Å². The van der Waals surface area contributed by atoms with Crippen LogP contribution in [0.2, 0.25) is 0 Å². The second kappa shape index (κ2) is 4.86. The Hall–Kier alpha value is -2.77. The van der Waals surface area contributed by atoms with Gasteiger partial charge in [0.2, 0.25) is 11.8 Å². The average Bonchev–Trinajstić information content (AvgIpc) is 3.47. The number of nitrogens with one attached hydrogen (secondary N) is 1. The molecule has 0 spiro atoms. The molecule has 0 radical (unpaired) electrons. The number of carbonyl (C=O) groups is 2. The van der Waals surface area contributed by atoms with Crippen LogP contribution in [0.25, 0.3) is 11.1 Å². The van der Waals surface area contributed by atoms with E-state index in [1.54, 1.807) is 23.3 Å². The third kappa shape index (κ3) is 2.26. The van der Waals surface area contributed by atoms with Crippen molar-refractivity contribution in [3.05, 3.63) is 30.6 Å². The number of aromatic nitrogens is 4. The number of aryl methyl sites for hydroxylation is 1. The first-order chi connectivity index (χ1) is 11.5. The molecule has 0 atom stereocenters. The molecular formula is C16H18N6O2. The van der Waals surface area contributed by atoms with Crippen LogP contribution in [-0.4, -0.2) is 31.6 Å². The predicted octanol–water partition coefficient (Wildman–Crippen LogP) is 0.248. The normalized spacial score (nSPS) is 19.5. The van der Waals surface area contributed by atoms with Gasteiger partial charge in [0.05, 0.1) is 11.7 Å². The third-order valence-electron chi connectivity index (χ3n) is 4.88. The first kappa shape index (κ1) is 14.8. The molecule has 8 heteroatoms. The molecule has 0 saturated heterocycles. The van der Waals surface area contributed by atoms with E-state index in [1.807, 2.05) is 13.2 Å². The molecule has 2 aliphatic carbocycles. The van der Waals surface area contributed by atoms with E-state index in [0.29, 0.717) is 18.7 Å². The lowest BCUT2D eigenvalue weighted by atomic mass is 10.0. The molecule has 2 aliphatic rings. The van der Waals surface area contributed by atoms with Gasteiger partial charge in [-0.25, -0.2) is 9.97 Å². The summed E-state index contributed by atoms with van der Waals surface area (Å²) in [6.45, 7) is 0. The molecule has 2 aromatic rings. The maximum absolute atomic E-state index is 12.4. The van der Waals surface area contributed by atoms with Gasteiger partial charge in [-0.05, 0) is 25.7 Å². The summed E-state index contributed by atoms with van der Waals surface area (Å²) in [6.07, 6.45) is 9.66. The van der Waals surface area contributed by atoms with Gasteiger partial charge in [-0.2, -0.15) is 5.10 Å². The minimum Gasteiger partial charge on any atom is -0.369 e. The van der Waals surface area contributed by atoms with Crippen LogP contribution in [0.3, 0.4) is 0 Å². The van der Waals surface area contributed by atoms with Crippen LogP contribution in [0.5, 0.6) is 0 Å². The Balaban J connectivity index is 1.53. The Labute approximate surface area is 138 Å². The zero-order valence-corrected chi connectivity index (χ0v) is 13.3. The van der Waals surface area contributed by atoms with Crippen molar-refractivity contribution in [2.24, 2.45) is 18.2 Å². The number of hydrogen-bond acceptors (Lipinski definition) is 5. The highest BCUT2D eigenvalue weighted by Crippen LogP contribution is 2.49. The van der Waals surface area contributed by atoms with Crippen LogP contribution in [0.1, 0.15) is 31.5 Å². The lowest BCUT2D eigenvalue weighted by molar-refractivity contribution is -0.136. The van der Waals surface area contributed by atoms with Crippen LogP contribution in [0, 0.1) is 5.41 Å². The van der Waals surface area contributed by atoms with Gasteiger partial charge in [-0.3, -0.25) is 14.3 Å². The molecule has 8 nitrogen and oxygen atoms in total. The SMILES string of the molecule is Cn1cc(-c2cnc(C3(NC(=O)C4(C(N)=O)CC4)CC3)nc2)cn1. The summed E-state index contributed by atoms with van der Waals surface area (Å²) in [7, 11) is 1.85. The maximum atomic E-state index is 12.4. The van der Waals surface area contributed by atoms with Crippen LogP contribution < -0.4 is 11.1 Å². The number of rotatable bonds is 5. The molecule has 0 bridgehead atoms. The predicted molar refractivity (Wildman–Crippen MR) is 84.2 cm³/mol. The monoisotopic (exact) mass is 326 g/mol. The van der Waals surface area contributed by atoms with Crippen LogP contribution in [-0.2, 0) is 22.2 Å². The summed E-state index contributed by atoms with van der Waals surface area (Å²) >= 11 is 0. The second-order valence-corrected chi connectivity index (χ2v) is 6.68. The van der Waals surface area contributed by atoms with E-state index in [9.17, 15) is 9.59 Å². The number of primary amides is 1. The van der Waals surface area contributed by atoms with Crippen molar-refractivity contribution >= 4 is 11.8 Å². The van der Waals surface area contributed by atoms with Gasteiger partial charge in [-0.15, -0.1) is 0 Å². The highest BCUT2D eigenvalue weighted by Gasteiger charge is 2.59. The van der Waals surface area contributed by atoms with Gasteiger partial charge in [0.25, 0.3) is 0 Å². The summed E-state index contributed by atoms with van der Waals surface area (Å²) in [5.41, 5.74) is 5.58. The van der Waals surface area contributed by atoms with E-state index < -0.39 is 16.9 Å². The zero-order chi connectivity index (χ0) is 16.9. The number of amides is 2. The van der Waals surface area contributed by atoms with Crippen LogP contribution in [0.4, 0.5) is 0 Å². The molecule has 0 aromatic carbocycles. The lowest BCUT2D eigenvalue weighted by Gasteiger charge is -2.19. The summed E-state index contributed by atoms with van der Waals surface area (Å²) in [6, 6.07) is 0. The fourth-order valence-corrected chi connectivity index (χ4v) is 2.87. The quantitative estimate of drug-likeness (QED) is 0.764.